The van der Waals surface area contributed by atoms with Gasteiger partial charge >= 0.3 is 6.18 Å². The van der Waals surface area contributed by atoms with Crippen molar-refractivity contribution in [1.29, 1.82) is 0 Å². The Hall–Kier alpha value is -0.290. The van der Waals surface area contributed by atoms with E-state index in [-0.39, 0.29) is 16.9 Å². The van der Waals surface area contributed by atoms with Gasteiger partial charge in [0.2, 0.25) is 0 Å². The van der Waals surface area contributed by atoms with Crippen LogP contribution in [-0.2, 0) is 9.47 Å². The average molecular weight is 445 g/mol. The molecule has 5 heteroatoms. The Bertz CT molecular complexity index is 666. The third-order valence-corrected chi connectivity index (χ3v) is 11.2. The van der Waals surface area contributed by atoms with E-state index in [1.807, 2.05) is 7.11 Å². The van der Waals surface area contributed by atoms with Gasteiger partial charge in [-0.2, -0.15) is 13.2 Å². The van der Waals surface area contributed by atoms with Gasteiger partial charge in [0, 0.05) is 14.2 Å². The molecule has 180 valence electrons. The molecule has 0 radical (unpaired) electrons. The van der Waals surface area contributed by atoms with Crippen LogP contribution in [-0.4, -0.2) is 32.1 Å². The number of fused-ring (bicyclic) bond motifs is 5. The fourth-order valence-electron chi connectivity index (χ4n) is 9.36. The van der Waals surface area contributed by atoms with Crippen molar-refractivity contribution < 1.29 is 22.6 Å². The molecule has 4 aliphatic rings. The van der Waals surface area contributed by atoms with E-state index in [9.17, 15) is 13.2 Å². The first-order valence-corrected chi connectivity index (χ1v) is 12.5. The van der Waals surface area contributed by atoms with Crippen LogP contribution < -0.4 is 0 Å². The van der Waals surface area contributed by atoms with Gasteiger partial charge in [-0.15, -0.1) is 0 Å². The molecule has 0 N–H and O–H groups in total. The minimum Gasteiger partial charge on any atom is -0.379 e. The second-order valence-electron chi connectivity index (χ2n) is 12.3. The van der Waals surface area contributed by atoms with Crippen LogP contribution in [0.1, 0.15) is 85.5 Å². The highest BCUT2D eigenvalue weighted by molar-refractivity contribution is 5.11. The second-order valence-corrected chi connectivity index (χ2v) is 12.3. The molecule has 31 heavy (non-hydrogen) atoms. The highest BCUT2D eigenvalue weighted by Gasteiger charge is 2.62. The number of rotatable bonds is 4. The van der Waals surface area contributed by atoms with Crippen molar-refractivity contribution in [3.05, 3.63) is 0 Å². The SMILES string of the molecule is CO[C@@H]([C@@H](C)[C@H]1CC[C@H]2[C@@H]3CC[C@@H]4C[C@](C)(OC)CC[C@]4(C)[C@H]3CC[C@]12C)C(F)(F)F. The van der Waals surface area contributed by atoms with Gasteiger partial charge < -0.3 is 9.47 Å². The van der Waals surface area contributed by atoms with Crippen LogP contribution >= 0.6 is 0 Å². The van der Waals surface area contributed by atoms with E-state index in [2.05, 4.69) is 20.8 Å². The quantitative estimate of drug-likeness (QED) is 0.454. The first-order chi connectivity index (χ1) is 14.4. The van der Waals surface area contributed by atoms with Crippen LogP contribution in [0.2, 0.25) is 0 Å². The maximum Gasteiger partial charge on any atom is 0.414 e. The third kappa shape index (κ3) is 3.68. The molecular formula is C26H43F3O2. The molecule has 0 heterocycles. The average Bonchev–Trinajstić information content (AvgIpc) is 3.05. The van der Waals surface area contributed by atoms with E-state index < -0.39 is 18.2 Å². The maximum absolute atomic E-state index is 13.6. The topological polar surface area (TPSA) is 18.5 Å². The molecule has 0 unspecified atom stereocenters. The molecular weight excluding hydrogens is 401 g/mol. The summed E-state index contributed by atoms with van der Waals surface area (Å²) in [6, 6.07) is 0. The molecule has 0 aromatic carbocycles. The maximum atomic E-state index is 13.6. The fraction of sp³-hybridized carbons (Fsp3) is 1.00. The molecule has 4 fully saturated rings. The molecule has 10 atom stereocenters. The van der Waals surface area contributed by atoms with Crippen LogP contribution in [0, 0.1) is 46.3 Å². The zero-order valence-corrected chi connectivity index (χ0v) is 20.4. The second kappa shape index (κ2) is 7.89. The number of hydrogen-bond donors (Lipinski definition) is 0. The van der Waals surface area contributed by atoms with Crippen LogP contribution in [0.4, 0.5) is 13.2 Å². The van der Waals surface area contributed by atoms with E-state index in [1.165, 1.54) is 32.8 Å². The molecule has 4 aliphatic carbocycles. The Kier molecular flexibility index (Phi) is 6.07. The lowest BCUT2D eigenvalue weighted by molar-refractivity contribution is -0.237. The lowest BCUT2D eigenvalue weighted by atomic mass is 9.43. The normalized spacial score (nSPS) is 49.6. The van der Waals surface area contributed by atoms with Gasteiger partial charge in [-0.05, 0) is 111 Å². The summed E-state index contributed by atoms with van der Waals surface area (Å²) in [4.78, 5) is 0. The Morgan fingerprint density at radius 3 is 2.13 bits per heavy atom. The standard InChI is InChI=1S/C26H43F3O2/c1-16(22(30-5)26(27,28)29)19-9-10-20-18-8-7-17-15-23(2,31-6)13-14-24(17,3)21(18)11-12-25(19,20)4/h16-22H,7-15H2,1-6H3/t16-,17+,18-,19+,20-,21-,22-,23+,24-,25+/m0/s1. The van der Waals surface area contributed by atoms with Crippen molar-refractivity contribution >= 4 is 0 Å². The molecule has 0 aliphatic heterocycles. The third-order valence-electron chi connectivity index (χ3n) is 11.2. The molecule has 2 nitrogen and oxygen atoms in total. The zero-order valence-electron chi connectivity index (χ0n) is 20.4. The number of ether oxygens (including phenoxy) is 2. The Morgan fingerprint density at radius 2 is 1.52 bits per heavy atom. The zero-order chi connectivity index (χ0) is 22.8. The van der Waals surface area contributed by atoms with Crippen molar-refractivity contribution in [1.82, 2.24) is 0 Å². The molecule has 4 rings (SSSR count). The van der Waals surface area contributed by atoms with Crippen molar-refractivity contribution in [2.75, 3.05) is 14.2 Å². The number of hydrogen-bond acceptors (Lipinski definition) is 2. The van der Waals surface area contributed by atoms with Gasteiger partial charge in [0.1, 0.15) is 0 Å². The van der Waals surface area contributed by atoms with E-state index in [4.69, 9.17) is 9.47 Å². The lowest BCUT2D eigenvalue weighted by Crippen LogP contribution is -2.56. The Labute approximate surface area is 187 Å². The highest BCUT2D eigenvalue weighted by Crippen LogP contribution is 2.69. The van der Waals surface area contributed by atoms with E-state index in [0.717, 1.165) is 43.9 Å². The van der Waals surface area contributed by atoms with E-state index >= 15 is 0 Å². The Balaban J connectivity index is 1.55. The highest BCUT2D eigenvalue weighted by atomic mass is 19.4. The minimum atomic E-state index is -4.29. The van der Waals surface area contributed by atoms with Crippen LogP contribution in [0.5, 0.6) is 0 Å². The predicted octanol–water partition coefficient (Wildman–Crippen LogP) is 7.26. The number of methoxy groups -OCH3 is 2. The molecule has 0 spiro atoms. The van der Waals surface area contributed by atoms with Crippen molar-refractivity contribution in [3.8, 4) is 0 Å². The van der Waals surface area contributed by atoms with Crippen molar-refractivity contribution in [3.63, 3.8) is 0 Å². The number of halogens is 3. The molecule has 0 bridgehead atoms. The summed E-state index contributed by atoms with van der Waals surface area (Å²) in [5.74, 6) is 2.30. The summed E-state index contributed by atoms with van der Waals surface area (Å²) < 4.78 is 51.8. The van der Waals surface area contributed by atoms with Gasteiger partial charge in [0.15, 0.2) is 6.10 Å². The number of alkyl halides is 3. The molecule has 0 aromatic rings. The lowest BCUT2D eigenvalue weighted by Gasteiger charge is -2.62. The van der Waals surface area contributed by atoms with Gasteiger partial charge in [0.25, 0.3) is 0 Å². The predicted molar refractivity (Wildman–Crippen MR) is 117 cm³/mol. The Morgan fingerprint density at radius 1 is 0.839 bits per heavy atom. The van der Waals surface area contributed by atoms with Crippen LogP contribution in [0.15, 0.2) is 0 Å². The molecule has 4 saturated carbocycles. The first-order valence-electron chi connectivity index (χ1n) is 12.5. The summed E-state index contributed by atoms with van der Waals surface area (Å²) in [6.45, 7) is 8.91. The van der Waals surface area contributed by atoms with Crippen LogP contribution in [0.3, 0.4) is 0 Å². The largest absolute Gasteiger partial charge is 0.414 e. The van der Waals surface area contributed by atoms with Gasteiger partial charge in [0.05, 0.1) is 5.60 Å². The van der Waals surface area contributed by atoms with Gasteiger partial charge in [-0.1, -0.05) is 20.8 Å². The summed E-state index contributed by atoms with van der Waals surface area (Å²) in [5.41, 5.74) is 0.398. The van der Waals surface area contributed by atoms with E-state index in [1.54, 1.807) is 6.92 Å². The van der Waals surface area contributed by atoms with E-state index in [0.29, 0.717) is 17.3 Å². The summed E-state index contributed by atoms with van der Waals surface area (Å²) >= 11 is 0. The minimum absolute atomic E-state index is 0.0147. The first kappa shape index (κ1) is 23.9. The summed E-state index contributed by atoms with van der Waals surface area (Å²) in [6.07, 6.45) is 4.35. The molecule has 0 amide bonds. The van der Waals surface area contributed by atoms with Crippen molar-refractivity contribution in [2.45, 2.75) is 103 Å². The summed E-state index contributed by atoms with van der Waals surface area (Å²) in [7, 11) is 3.08. The molecule has 0 aromatic heterocycles. The van der Waals surface area contributed by atoms with Gasteiger partial charge in [-0.3, -0.25) is 0 Å². The molecule has 0 saturated heterocycles. The smallest absolute Gasteiger partial charge is 0.379 e. The van der Waals surface area contributed by atoms with Crippen LogP contribution in [0.25, 0.3) is 0 Å². The summed E-state index contributed by atoms with van der Waals surface area (Å²) in [5, 5.41) is 0. The van der Waals surface area contributed by atoms with Gasteiger partial charge in [-0.25, -0.2) is 0 Å². The fourth-order valence-corrected chi connectivity index (χ4v) is 9.36. The monoisotopic (exact) mass is 444 g/mol. The van der Waals surface area contributed by atoms with Crippen molar-refractivity contribution in [2.24, 2.45) is 46.3 Å².